The van der Waals surface area contributed by atoms with Crippen LogP contribution in [0.5, 0.6) is 0 Å². The van der Waals surface area contributed by atoms with E-state index in [1.165, 1.54) is 19.3 Å². The molecule has 20 heavy (non-hydrogen) atoms. The van der Waals surface area contributed by atoms with Gasteiger partial charge in [0, 0.05) is 18.3 Å². The van der Waals surface area contributed by atoms with Gasteiger partial charge in [-0.1, -0.05) is 31.9 Å². The van der Waals surface area contributed by atoms with Gasteiger partial charge in [-0.2, -0.15) is 0 Å². The van der Waals surface area contributed by atoms with Gasteiger partial charge in [0.25, 0.3) is 5.91 Å². The molecule has 2 unspecified atom stereocenters. The summed E-state index contributed by atoms with van der Waals surface area (Å²) in [6.45, 7) is 5.18. The summed E-state index contributed by atoms with van der Waals surface area (Å²) in [7, 11) is 0. The van der Waals surface area contributed by atoms with E-state index in [1.54, 1.807) is 0 Å². The van der Waals surface area contributed by atoms with Crippen LogP contribution in [-0.2, 0) is 0 Å². The highest BCUT2D eigenvalue weighted by molar-refractivity contribution is 5.99. The third-order valence-corrected chi connectivity index (χ3v) is 4.13. The highest BCUT2D eigenvalue weighted by Gasteiger charge is 2.19. The van der Waals surface area contributed by atoms with E-state index in [4.69, 9.17) is 0 Å². The van der Waals surface area contributed by atoms with Gasteiger partial charge in [-0.3, -0.25) is 4.79 Å². The van der Waals surface area contributed by atoms with Crippen LogP contribution in [-0.4, -0.2) is 18.5 Å². The van der Waals surface area contributed by atoms with Gasteiger partial charge in [-0.05, 0) is 44.2 Å². The van der Waals surface area contributed by atoms with Crippen LogP contribution in [0, 0.1) is 5.92 Å². The molecule has 1 fully saturated rings. The smallest absolute Gasteiger partial charge is 0.253 e. The Morgan fingerprint density at radius 3 is 2.80 bits per heavy atom. The molecule has 1 aromatic carbocycles. The third kappa shape index (κ3) is 3.99. The Balaban J connectivity index is 2.00. The summed E-state index contributed by atoms with van der Waals surface area (Å²) in [6, 6.07) is 8.08. The lowest BCUT2D eigenvalue weighted by molar-refractivity contribution is 0.0934. The molecule has 110 valence electrons. The van der Waals surface area contributed by atoms with Crippen molar-refractivity contribution in [2.24, 2.45) is 5.92 Å². The number of benzene rings is 1. The van der Waals surface area contributed by atoms with E-state index >= 15 is 0 Å². The first-order valence-corrected chi connectivity index (χ1v) is 7.84. The molecule has 0 aliphatic heterocycles. The zero-order valence-corrected chi connectivity index (χ0v) is 12.6. The molecule has 2 N–H and O–H groups in total. The van der Waals surface area contributed by atoms with Crippen molar-refractivity contribution in [2.75, 3.05) is 11.9 Å². The average Bonchev–Trinajstić information content (AvgIpc) is 2.65. The molecular weight excluding hydrogens is 248 g/mol. The zero-order valence-electron chi connectivity index (χ0n) is 12.6. The number of carbonyl (C=O) groups is 1. The monoisotopic (exact) mass is 274 g/mol. The first-order chi connectivity index (χ1) is 9.70. The van der Waals surface area contributed by atoms with Gasteiger partial charge in [0.2, 0.25) is 0 Å². The van der Waals surface area contributed by atoms with Crippen molar-refractivity contribution in [1.82, 2.24) is 5.32 Å². The first kappa shape index (κ1) is 14.9. The minimum atomic E-state index is 0.0566. The Morgan fingerprint density at radius 1 is 1.20 bits per heavy atom. The van der Waals surface area contributed by atoms with Crippen LogP contribution in [0.3, 0.4) is 0 Å². The number of hydrogen-bond acceptors (Lipinski definition) is 2. The largest absolute Gasteiger partial charge is 0.385 e. The van der Waals surface area contributed by atoms with E-state index in [1.807, 2.05) is 31.2 Å². The van der Waals surface area contributed by atoms with E-state index in [-0.39, 0.29) is 5.91 Å². The Kier molecular flexibility index (Phi) is 5.45. The maximum Gasteiger partial charge on any atom is 0.253 e. The predicted octanol–water partition coefficient (Wildman–Crippen LogP) is 3.82. The molecule has 2 rings (SSSR count). The lowest BCUT2D eigenvalue weighted by atomic mass is 10.0. The van der Waals surface area contributed by atoms with Crippen LogP contribution in [0.15, 0.2) is 24.3 Å². The van der Waals surface area contributed by atoms with Crippen LogP contribution in [0.4, 0.5) is 5.69 Å². The average molecular weight is 274 g/mol. The highest BCUT2D eigenvalue weighted by Crippen LogP contribution is 2.23. The van der Waals surface area contributed by atoms with Crippen LogP contribution >= 0.6 is 0 Å². The summed E-state index contributed by atoms with van der Waals surface area (Å²) in [4.78, 5) is 12.5. The fourth-order valence-corrected chi connectivity index (χ4v) is 2.92. The molecule has 1 aliphatic rings. The Hall–Kier alpha value is -1.51. The van der Waals surface area contributed by atoms with Gasteiger partial charge in [0.15, 0.2) is 0 Å². The second-order valence-electron chi connectivity index (χ2n) is 5.86. The number of rotatable bonds is 4. The summed E-state index contributed by atoms with van der Waals surface area (Å²) in [5, 5.41) is 6.47. The second kappa shape index (κ2) is 7.32. The van der Waals surface area contributed by atoms with Gasteiger partial charge in [-0.25, -0.2) is 0 Å². The molecule has 2 atom stereocenters. The van der Waals surface area contributed by atoms with Gasteiger partial charge < -0.3 is 10.6 Å². The maximum absolute atomic E-state index is 12.5. The molecule has 0 aromatic heterocycles. The van der Waals surface area contributed by atoms with Gasteiger partial charge in [0.1, 0.15) is 0 Å². The van der Waals surface area contributed by atoms with Crippen molar-refractivity contribution >= 4 is 11.6 Å². The zero-order chi connectivity index (χ0) is 14.4. The molecule has 0 bridgehead atoms. The molecule has 1 aliphatic carbocycles. The minimum absolute atomic E-state index is 0.0566. The van der Waals surface area contributed by atoms with Crippen LogP contribution in [0.1, 0.15) is 56.3 Å². The molecule has 0 spiro atoms. The summed E-state index contributed by atoms with van der Waals surface area (Å²) >= 11 is 0. The van der Waals surface area contributed by atoms with Gasteiger partial charge in [0.05, 0.1) is 5.56 Å². The maximum atomic E-state index is 12.5. The van der Waals surface area contributed by atoms with Crippen molar-refractivity contribution in [3.8, 4) is 0 Å². The van der Waals surface area contributed by atoms with Crippen molar-refractivity contribution in [1.29, 1.82) is 0 Å². The molecule has 1 saturated carbocycles. The molecular formula is C17H26N2O. The SMILES string of the molecule is CCNc1ccccc1C(=O)NC1CCCC(C)CC1. The van der Waals surface area contributed by atoms with Crippen LogP contribution in [0.2, 0.25) is 0 Å². The lowest BCUT2D eigenvalue weighted by Gasteiger charge is -2.18. The van der Waals surface area contributed by atoms with E-state index in [0.29, 0.717) is 6.04 Å². The second-order valence-corrected chi connectivity index (χ2v) is 5.86. The Labute approximate surface area is 122 Å². The summed E-state index contributed by atoms with van der Waals surface area (Å²) < 4.78 is 0. The van der Waals surface area contributed by atoms with Gasteiger partial charge >= 0.3 is 0 Å². The van der Waals surface area contributed by atoms with Crippen LogP contribution < -0.4 is 10.6 Å². The molecule has 0 heterocycles. The molecule has 1 amide bonds. The summed E-state index contributed by atoms with van der Waals surface area (Å²) in [5.41, 5.74) is 1.68. The van der Waals surface area contributed by atoms with Crippen molar-refractivity contribution in [3.05, 3.63) is 29.8 Å². The molecule has 3 heteroatoms. The molecule has 1 aromatic rings. The number of carbonyl (C=O) groups excluding carboxylic acids is 1. The Bertz CT molecular complexity index is 444. The standard InChI is InChI=1S/C17H26N2O/c1-3-18-16-10-5-4-9-15(16)17(20)19-14-8-6-7-13(2)11-12-14/h4-5,9-10,13-14,18H,3,6-8,11-12H2,1-2H3,(H,19,20). The van der Waals surface area contributed by atoms with E-state index < -0.39 is 0 Å². The number of nitrogens with one attached hydrogen (secondary N) is 2. The van der Waals surface area contributed by atoms with E-state index in [9.17, 15) is 4.79 Å². The number of amides is 1. The topological polar surface area (TPSA) is 41.1 Å². The van der Waals surface area contributed by atoms with E-state index in [2.05, 4.69) is 17.6 Å². The fourth-order valence-electron chi connectivity index (χ4n) is 2.92. The lowest BCUT2D eigenvalue weighted by Crippen LogP contribution is -2.34. The third-order valence-electron chi connectivity index (χ3n) is 4.13. The summed E-state index contributed by atoms with van der Waals surface area (Å²) in [6.07, 6.45) is 5.96. The number of para-hydroxylation sites is 1. The first-order valence-electron chi connectivity index (χ1n) is 7.84. The number of anilines is 1. The highest BCUT2D eigenvalue weighted by atomic mass is 16.1. The Morgan fingerprint density at radius 2 is 2.00 bits per heavy atom. The quantitative estimate of drug-likeness (QED) is 0.820. The minimum Gasteiger partial charge on any atom is -0.385 e. The predicted molar refractivity (Wildman–Crippen MR) is 84.1 cm³/mol. The van der Waals surface area contributed by atoms with Crippen LogP contribution in [0.25, 0.3) is 0 Å². The normalized spacial score (nSPS) is 22.9. The van der Waals surface area contributed by atoms with Crippen molar-refractivity contribution < 1.29 is 4.79 Å². The van der Waals surface area contributed by atoms with E-state index in [0.717, 1.165) is 36.6 Å². The molecule has 0 saturated heterocycles. The van der Waals surface area contributed by atoms with Gasteiger partial charge in [-0.15, -0.1) is 0 Å². The fraction of sp³-hybridized carbons (Fsp3) is 0.588. The molecule has 0 radical (unpaired) electrons. The van der Waals surface area contributed by atoms with Crippen molar-refractivity contribution in [3.63, 3.8) is 0 Å². The summed E-state index contributed by atoms with van der Waals surface area (Å²) in [5.74, 6) is 0.854. The van der Waals surface area contributed by atoms with Crippen molar-refractivity contribution in [2.45, 2.75) is 52.0 Å². The molecule has 3 nitrogen and oxygen atoms in total. The number of hydrogen-bond donors (Lipinski definition) is 2.